The molecule has 0 unspecified atom stereocenters. The minimum Gasteiger partial charge on any atom is -0.493 e. The second kappa shape index (κ2) is 9.64. The fourth-order valence-electron chi connectivity index (χ4n) is 5.14. The number of aromatic nitrogens is 1. The second-order valence-electron chi connectivity index (χ2n) is 9.40. The topological polar surface area (TPSA) is 82.2 Å². The van der Waals surface area contributed by atoms with E-state index in [4.69, 9.17) is 14.5 Å². The normalized spacial score (nSPS) is 17.0. The van der Waals surface area contributed by atoms with Gasteiger partial charge < -0.3 is 29.6 Å². The predicted molar refractivity (Wildman–Crippen MR) is 154 cm³/mol. The Morgan fingerprint density at radius 2 is 1.92 bits per heavy atom. The van der Waals surface area contributed by atoms with Crippen LogP contribution in [-0.4, -0.2) is 72.0 Å². The molecule has 1 saturated heterocycles. The lowest BCUT2D eigenvalue weighted by Gasteiger charge is -2.47. The number of nitrogens with zero attached hydrogens (tertiary/aromatic N) is 3. The van der Waals surface area contributed by atoms with Gasteiger partial charge in [0.05, 0.1) is 25.9 Å². The van der Waals surface area contributed by atoms with Crippen LogP contribution in [0.2, 0.25) is 0 Å². The van der Waals surface area contributed by atoms with Crippen LogP contribution in [0.1, 0.15) is 21.6 Å². The molecule has 0 aliphatic carbocycles. The number of benzene rings is 2. The van der Waals surface area contributed by atoms with Crippen molar-refractivity contribution in [1.82, 2.24) is 20.1 Å². The Kier molecular flexibility index (Phi) is 6.15. The van der Waals surface area contributed by atoms with Crippen LogP contribution in [0.15, 0.2) is 66.3 Å². The number of carbonyl (C=O) groups is 1. The summed E-state index contributed by atoms with van der Waals surface area (Å²) in [7, 11) is 3.23. The molecule has 3 aromatic rings. The van der Waals surface area contributed by atoms with E-state index in [1.165, 1.54) is 0 Å². The Morgan fingerprint density at radius 1 is 1.13 bits per heavy atom. The van der Waals surface area contributed by atoms with Crippen molar-refractivity contribution in [2.24, 2.45) is 4.99 Å². The molecule has 6 rings (SSSR count). The number of amidine groups is 1. The summed E-state index contributed by atoms with van der Waals surface area (Å²) < 4.78 is 11.0. The number of amides is 1. The lowest BCUT2D eigenvalue weighted by atomic mass is 10.0. The van der Waals surface area contributed by atoms with Crippen LogP contribution in [0, 0.1) is 0 Å². The van der Waals surface area contributed by atoms with Gasteiger partial charge in [0.2, 0.25) is 0 Å². The van der Waals surface area contributed by atoms with Gasteiger partial charge in [0.1, 0.15) is 5.69 Å². The van der Waals surface area contributed by atoms with E-state index in [1.54, 1.807) is 26.0 Å². The molecular weight excluding hydrogens is 498 g/mol. The zero-order valence-corrected chi connectivity index (χ0v) is 22.4. The number of nitrogens with one attached hydrogen (secondary N) is 2. The van der Waals surface area contributed by atoms with Gasteiger partial charge in [-0.15, -0.1) is 0 Å². The third kappa shape index (κ3) is 4.03. The fourth-order valence-corrected chi connectivity index (χ4v) is 5.79. The second-order valence-corrected chi connectivity index (χ2v) is 10.2. The van der Waals surface area contributed by atoms with Gasteiger partial charge in [-0.2, -0.15) is 0 Å². The molecule has 0 bridgehead atoms. The highest BCUT2D eigenvalue weighted by Gasteiger charge is 2.40. The molecule has 0 spiro atoms. The Labute approximate surface area is 225 Å². The number of H-pyrrole nitrogens is 1. The molecule has 8 nitrogen and oxygen atoms in total. The Bertz CT molecular complexity index is 1550. The number of hydrogen-bond donors (Lipinski definition) is 2. The minimum atomic E-state index is -0.00508. The van der Waals surface area contributed by atoms with Gasteiger partial charge in [0, 0.05) is 54.1 Å². The van der Waals surface area contributed by atoms with Crippen molar-refractivity contribution >= 4 is 50.7 Å². The summed E-state index contributed by atoms with van der Waals surface area (Å²) in [5, 5.41) is 5.11. The zero-order chi connectivity index (χ0) is 26.4. The van der Waals surface area contributed by atoms with Gasteiger partial charge in [-0.1, -0.05) is 42.6 Å². The van der Waals surface area contributed by atoms with Crippen molar-refractivity contribution in [1.29, 1.82) is 0 Å². The van der Waals surface area contributed by atoms with Crippen molar-refractivity contribution in [2.75, 3.05) is 40.1 Å². The maximum atomic E-state index is 13.4. The molecule has 38 heavy (non-hydrogen) atoms. The summed E-state index contributed by atoms with van der Waals surface area (Å²) in [6.45, 7) is 6.40. The SMILES string of the molecule is C=C1c2cc(OC)c(OC)cc2N=C(SC)N1C1CN(C(=O)c2cc3ccc(C4=CNCC=C4)cc3[nH]2)C1. The smallest absolute Gasteiger partial charge is 0.270 e. The zero-order valence-electron chi connectivity index (χ0n) is 21.6. The number of hydrogen-bond acceptors (Lipinski definition) is 7. The van der Waals surface area contributed by atoms with Crippen LogP contribution >= 0.6 is 11.8 Å². The maximum Gasteiger partial charge on any atom is 0.270 e. The molecule has 1 aromatic heterocycles. The van der Waals surface area contributed by atoms with E-state index in [9.17, 15) is 4.79 Å². The third-order valence-corrected chi connectivity index (χ3v) is 7.85. The van der Waals surface area contributed by atoms with Crippen molar-refractivity contribution in [2.45, 2.75) is 6.04 Å². The highest BCUT2D eigenvalue weighted by atomic mass is 32.2. The minimum absolute atomic E-state index is 0.00508. The molecule has 194 valence electrons. The summed E-state index contributed by atoms with van der Waals surface area (Å²) in [4.78, 5) is 25.6. The van der Waals surface area contributed by atoms with Crippen molar-refractivity contribution in [3.05, 3.63) is 78.1 Å². The van der Waals surface area contributed by atoms with Gasteiger partial charge in [-0.05, 0) is 35.6 Å². The molecule has 0 saturated carbocycles. The molecular formula is C29H29N5O3S. The fraction of sp³-hybridized carbons (Fsp3) is 0.241. The maximum absolute atomic E-state index is 13.4. The Hall–Kier alpha value is -4.11. The van der Waals surface area contributed by atoms with E-state index >= 15 is 0 Å². The van der Waals surface area contributed by atoms with E-state index in [1.807, 2.05) is 35.6 Å². The first-order chi connectivity index (χ1) is 18.5. The van der Waals surface area contributed by atoms with Crippen LogP contribution in [0.3, 0.4) is 0 Å². The highest BCUT2D eigenvalue weighted by molar-refractivity contribution is 8.13. The van der Waals surface area contributed by atoms with E-state index in [0.717, 1.165) is 50.7 Å². The Balaban J connectivity index is 1.19. The summed E-state index contributed by atoms with van der Waals surface area (Å²) in [6, 6.07) is 12.0. The first kappa shape index (κ1) is 24.2. The lowest BCUT2D eigenvalue weighted by molar-refractivity contribution is 0.0498. The van der Waals surface area contributed by atoms with Crippen molar-refractivity contribution in [3.8, 4) is 11.5 Å². The van der Waals surface area contributed by atoms with Crippen LogP contribution in [-0.2, 0) is 0 Å². The molecule has 2 aromatic carbocycles. The van der Waals surface area contributed by atoms with Crippen molar-refractivity contribution < 1.29 is 14.3 Å². The first-order valence-electron chi connectivity index (χ1n) is 12.4. The molecule has 0 atom stereocenters. The average molecular weight is 528 g/mol. The van der Waals surface area contributed by atoms with Gasteiger partial charge in [0.15, 0.2) is 16.7 Å². The van der Waals surface area contributed by atoms with Crippen LogP contribution in [0.5, 0.6) is 11.5 Å². The third-order valence-electron chi connectivity index (χ3n) is 7.20. The number of ether oxygens (including phenoxy) is 2. The number of allylic oxidation sites excluding steroid dienone is 2. The van der Waals surface area contributed by atoms with Crippen LogP contribution in [0.25, 0.3) is 22.2 Å². The van der Waals surface area contributed by atoms with Gasteiger partial charge in [-0.3, -0.25) is 4.79 Å². The summed E-state index contributed by atoms with van der Waals surface area (Å²) >= 11 is 1.56. The molecule has 4 heterocycles. The molecule has 2 N–H and O–H groups in total. The van der Waals surface area contributed by atoms with Crippen LogP contribution in [0.4, 0.5) is 5.69 Å². The van der Waals surface area contributed by atoms with E-state index < -0.39 is 0 Å². The average Bonchev–Trinajstić information content (AvgIpc) is 3.36. The lowest BCUT2D eigenvalue weighted by Crippen LogP contribution is -2.61. The predicted octanol–water partition coefficient (Wildman–Crippen LogP) is 4.85. The van der Waals surface area contributed by atoms with Gasteiger partial charge in [-0.25, -0.2) is 4.99 Å². The number of thioether (sulfide) groups is 1. The summed E-state index contributed by atoms with van der Waals surface area (Å²) in [6.07, 6.45) is 8.22. The van der Waals surface area contributed by atoms with Gasteiger partial charge >= 0.3 is 0 Å². The number of likely N-dealkylation sites (tertiary alicyclic amines) is 1. The molecule has 0 radical (unpaired) electrons. The number of fused-ring (bicyclic) bond motifs is 2. The number of aliphatic imine (C=N–C) groups is 1. The van der Waals surface area contributed by atoms with Crippen molar-refractivity contribution in [3.63, 3.8) is 0 Å². The van der Waals surface area contributed by atoms with E-state index in [0.29, 0.717) is 30.3 Å². The van der Waals surface area contributed by atoms with E-state index in [2.05, 4.69) is 52.1 Å². The summed E-state index contributed by atoms with van der Waals surface area (Å²) in [5.41, 5.74) is 6.31. The molecule has 9 heteroatoms. The number of dihydropyridines is 1. The molecule has 3 aliphatic rings. The molecule has 1 fully saturated rings. The monoisotopic (exact) mass is 527 g/mol. The van der Waals surface area contributed by atoms with Crippen LogP contribution < -0.4 is 14.8 Å². The Morgan fingerprint density at radius 3 is 2.63 bits per heavy atom. The number of carbonyl (C=O) groups excluding carboxylic acids is 1. The number of aromatic amines is 1. The van der Waals surface area contributed by atoms with Gasteiger partial charge in [0.25, 0.3) is 5.91 Å². The number of rotatable bonds is 5. The summed E-state index contributed by atoms with van der Waals surface area (Å²) in [5.74, 6) is 1.26. The first-order valence-corrected chi connectivity index (χ1v) is 13.6. The molecule has 3 aliphatic heterocycles. The van der Waals surface area contributed by atoms with E-state index in [-0.39, 0.29) is 11.9 Å². The standard InChI is InChI=1S/C29H29N5O3S/c1-17-22-12-26(36-2)27(37-3)13-24(22)32-29(38-4)34(17)21-15-33(16-21)28(35)25-11-19-8-7-18(10-23(19)31-25)20-6-5-9-30-14-20/h5-8,10-14,21,30-31H,1,9,15-16H2,2-4H3. The largest absolute Gasteiger partial charge is 0.493 e. The quantitative estimate of drug-likeness (QED) is 0.494. The molecule has 1 amide bonds. The number of methoxy groups -OCH3 is 2. The highest BCUT2D eigenvalue weighted by Crippen LogP contribution is 2.43.